The van der Waals surface area contributed by atoms with Crippen molar-refractivity contribution >= 4 is 55.8 Å². The number of benzene rings is 2. The molecule has 0 N–H and O–H groups in total. The van der Waals surface area contributed by atoms with Crippen molar-refractivity contribution in [1.29, 1.82) is 0 Å². The van der Waals surface area contributed by atoms with Crippen LogP contribution in [0.2, 0.25) is 10.0 Å². The van der Waals surface area contributed by atoms with Gasteiger partial charge in [0.05, 0.1) is 33.3 Å². The molecule has 0 bridgehead atoms. The van der Waals surface area contributed by atoms with Crippen LogP contribution in [0, 0.1) is 0 Å². The van der Waals surface area contributed by atoms with Crippen LogP contribution in [-0.4, -0.2) is 43.2 Å². The van der Waals surface area contributed by atoms with Crippen LogP contribution in [0.25, 0.3) is 11.0 Å². The van der Waals surface area contributed by atoms with Crippen LogP contribution in [0.3, 0.4) is 0 Å². The standard InChI is InChI=1S/C18H18Cl2N2O3S2/c1-25-9-8-22-16-5-3-2-4-15(16)21-18(22)26-10-11-27(23,24)17-12-13(19)6-7-14(17)20/h2-7,12H,8-11H2,1H3. The first-order valence-corrected chi connectivity index (χ1v) is 11.6. The summed E-state index contributed by atoms with van der Waals surface area (Å²) in [5.41, 5.74) is 1.87. The topological polar surface area (TPSA) is 61.2 Å². The van der Waals surface area contributed by atoms with E-state index in [9.17, 15) is 8.42 Å². The minimum Gasteiger partial charge on any atom is -0.383 e. The van der Waals surface area contributed by atoms with E-state index >= 15 is 0 Å². The van der Waals surface area contributed by atoms with Crippen LogP contribution >= 0.6 is 35.0 Å². The van der Waals surface area contributed by atoms with E-state index < -0.39 is 9.84 Å². The molecule has 0 atom stereocenters. The number of aromatic nitrogens is 2. The van der Waals surface area contributed by atoms with Crippen molar-refractivity contribution in [1.82, 2.24) is 9.55 Å². The number of hydrogen-bond acceptors (Lipinski definition) is 5. The summed E-state index contributed by atoms with van der Waals surface area (Å²) in [4.78, 5) is 4.68. The quantitative estimate of drug-likeness (QED) is 0.476. The average Bonchev–Trinajstić information content (AvgIpc) is 2.99. The fourth-order valence-corrected chi connectivity index (χ4v) is 6.13. The van der Waals surface area contributed by atoms with E-state index in [4.69, 9.17) is 27.9 Å². The third kappa shape index (κ3) is 4.78. The zero-order valence-corrected chi connectivity index (χ0v) is 17.7. The molecule has 144 valence electrons. The summed E-state index contributed by atoms with van der Waals surface area (Å²) in [5, 5.41) is 1.28. The van der Waals surface area contributed by atoms with Gasteiger partial charge in [-0.3, -0.25) is 0 Å². The van der Waals surface area contributed by atoms with Crippen molar-refractivity contribution in [2.24, 2.45) is 0 Å². The van der Waals surface area contributed by atoms with Gasteiger partial charge in [0.25, 0.3) is 0 Å². The molecule has 1 heterocycles. The van der Waals surface area contributed by atoms with Crippen molar-refractivity contribution in [3.8, 4) is 0 Å². The Balaban J connectivity index is 1.77. The van der Waals surface area contributed by atoms with Crippen LogP contribution in [0.5, 0.6) is 0 Å². The van der Waals surface area contributed by atoms with Crippen LogP contribution in [0.4, 0.5) is 0 Å². The van der Waals surface area contributed by atoms with Gasteiger partial charge in [0.2, 0.25) is 0 Å². The Morgan fingerprint density at radius 1 is 1.19 bits per heavy atom. The van der Waals surface area contributed by atoms with Crippen LogP contribution < -0.4 is 0 Å². The van der Waals surface area contributed by atoms with Gasteiger partial charge in [-0.25, -0.2) is 13.4 Å². The predicted molar refractivity (Wildman–Crippen MR) is 111 cm³/mol. The van der Waals surface area contributed by atoms with Gasteiger partial charge >= 0.3 is 0 Å². The number of halogens is 2. The number of imidazole rings is 1. The van der Waals surface area contributed by atoms with Gasteiger partial charge in [-0.15, -0.1) is 0 Å². The van der Waals surface area contributed by atoms with Crippen molar-refractivity contribution in [3.05, 3.63) is 52.5 Å². The van der Waals surface area contributed by atoms with Gasteiger partial charge in [0.15, 0.2) is 15.0 Å². The minimum absolute atomic E-state index is 0.0603. The maximum Gasteiger partial charge on any atom is 0.180 e. The molecule has 0 radical (unpaired) electrons. The van der Waals surface area contributed by atoms with Gasteiger partial charge in [0.1, 0.15) is 0 Å². The molecule has 3 rings (SSSR count). The lowest BCUT2D eigenvalue weighted by Gasteiger charge is -2.09. The second-order valence-corrected chi connectivity index (χ2v) is 9.75. The Bertz CT molecular complexity index is 1050. The van der Waals surface area contributed by atoms with Crippen LogP contribution in [-0.2, 0) is 21.1 Å². The first-order valence-electron chi connectivity index (χ1n) is 8.17. The third-order valence-electron chi connectivity index (χ3n) is 3.95. The lowest BCUT2D eigenvalue weighted by molar-refractivity contribution is 0.186. The summed E-state index contributed by atoms with van der Waals surface area (Å²) < 4.78 is 32.5. The molecule has 9 heteroatoms. The highest BCUT2D eigenvalue weighted by Gasteiger charge is 2.19. The zero-order valence-electron chi connectivity index (χ0n) is 14.6. The minimum atomic E-state index is -3.54. The Morgan fingerprint density at radius 2 is 1.96 bits per heavy atom. The molecule has 0 amide bonds. The Morgan fingerprint density at radius 3 is 2.74 bits per heavy atom. The van der Waals surface area contributed by atoms with Gasteiger partial charge < -0.3 is 9.30 Å². The lowest BCUT2D eigenvalue weighted by atomic mass is 10.3. The molecule has 0 aliphatic carbocycles. The molecule has 2 aromatic carbocycles. The molecule has 0 aliphatic rings. The molecular weight excluding hydrogens is 427 g/mol. The van der Waals surface area contributed by atoms with E-state index in [1.807, 2.05) is 28.8 Å². The van der Waals surface area contributed by atoms with Gasteiger partial charge in [0, 0.05) is 24.4 Å². The van der Waals surface area contributed by atoms with Crippen LogP contribution in [0.1, 0.15) is 0 Å². The molecular formula is C18H18Cl2N2O3S2. The molecule has 27 heavy (non-hydrogen) atoms. The molecule has 0 saturated heterocycles. The van der Waals surface area contributed by atoms with E-state index in [1.165, 1.54) is 23.9 Å². The van der Waals surface area contributed by atoms with Gasteiger partial charge in [-0.2, -0.15) is 0 Å². The normalized spacial score (nSPS) is 12.0. The van der Waals surface area contributed by atoms with E-state index in [0.29, 0.717) is 23.9 Å². The van der Waals surface area contributed by atoms with Gasteiger partial charge in [-0.05, 0) is 30.3 Å². The number of sulfone groups is 1. The predicted octanol–water partition coefficient (Wildman–Crippen LogP) is 4.56. The van der Waals surface area contributed by atoms with E-state index in [1.54, 1.807) is 13.2 Å². The fraction of sp³-hybridized carbons (Fsp3) is 0.278. The zero-order chi connectivity index (χ0) is 19.4. The highest BCUT2D eigenvalue weighted by molar-refractivity contribution is 8.00. The second-order valence-electron chi connectivity index (χ2n) is 5.77. The molecule has 5 nitrogen and oxygen atoms in total. The number of methoxy groups -OCH3 is 1. The summed E-state index contributed by atoms with van der Waals surface area (Å²) in [6, 6.07) is 12.3. The largest absolute Gasteiger partial charge is 0.383 e. The molecule has 0 fully saturated rings. The second kappa shape index (κ2) is 8.84. The van der Waals surface area contributed by atoms with Crippen molar-refractivity contribution in [2.45, 2.75) is 16.6 Å². The van der Waals surface area contributed by atoms with Crippen molar-refractivity contribution in [2.75, 3.05) is 25.2 Å². The molecule has 0 unspecified atom stereocenters. The maximum absolute atomic E-state index is 12.6. The summed E-state index contributed by atoms with van der Waals surface area (Å²) in [5.74, 6) is 0.284. The summed E-state index contributed by atoms with van der Waals surface area (Å²) in [7, 11) is -1.90. The number of rotatable bonds is 8. The first-order chi connectivity index (χ1) is 12.9. The SMILES string of the molecule is COCCn1c(SCCS(=O)(=O)c2cc(Cl)ccc2Cl)nc2ccccc21. The third-order valence-corrected chi connectivity index (χ3v) is 7.61. The summed E-state index contributed by atoms with van der Waals surface area (Å²) >= 11 is 13.3. The van der Waals surface area contributed by atoms with E-state index in [0.717, 1.165) is 16.2 Å². The first kappa shape index (κ1) is 20.5. The summed E-state index contributed by atoms with van der Waals surface area (Å²) in [6.45, 7) is 1.19. The summed E-state index contributed by atoms with van der Waals surface area (Å²) in [6.07, 6.45) is 0. The number of nitrogens with zero attached hydrogens (tertiary/aromatic N) is 2. The highest BCUT2D eigenvalue weighted by Crippen LogP contribution is 2.28. The average molecular weight is 445 g/mol. The van der Waals surface area contributed by atoms with Crippen molar-refractivity contribution < 1.29 is 13.2 Å². The smallest absolute Gasteiger partial charge is 0.180 e. The number of thioether (sulfide) groups is 1. The number of hydrogen-bond donors (Lipinski definition) is 0. The number of fused-ring (bicyclic) bond motifs is 1. The Kier molecular flexibility index (Phi) is 6.70. The van der Waals surface area contributed by atoms with Crippen molar-refractivity contribution in [3.63, 3.8) is 0 Å². The highest BCUT2D eigenvalue weighted by atomic mass is 35.5. The molecule has 0 saturated carbocycles. The monoisotopic (exact) mass is 444 g/mol. The van der Waals surface area contributed by atoms with Gasteiger partial charge in [-0.1, -0.05) is 47.1 Å². The molecule has 3 aromatic rings. The lowest BCUT2D eigenvalue weighted by Crippen LogP contribution is -2.11. The fourth-order valence-electron chi connectivity index (χ4n) is 2.63. The molecule has 1 aromatic heterocycles. The maximum atomic E-state index is 12.6. The number of para-hydroxylation sites is 2. The van der Waals surface area contributed by atoms with Crippen LogP contribution in [0.15, 0.2) is 52.5 Å². The van der Waals surface area contributed by atoms with E-state index in [-0.39, 0.29) is 15.7 Å². The van der Waals surface area contributed by atoms with E-state index in [2.05, 4.69) is 4.98 Å². The molecule has 0 aliphatic heterocycles. The Hall–Kier alpha value is -1.25. The number of ether oxygens (including phenoxy) is 1. The Labute approximate surface area is 172 Å². The molecule has 0 spiro atoms.